The van der Waals surface area contributed by atoms with Crippen LogP contribution < -0.4 is 16.0 Å². The zero-order valence-corrected chi connectivity index (χ0v) is 16.7. The molecule has 2 unspecified atom stereocenters. The highest BCUT2D eigenvalue weighted by Gasteiger charge is 2.45. The summed E-state index contributed by atoms with van der Waals surface area (Å²) >= 11 is 0. The molecule has 0 radical (unpaired) electrons. The van der Waals surface area contributed by atoms with Crippen LogP contribution in [0.2, 0.25) is 0 Å². The van der Waals surface area contributed by atoms with Crippen molar-refractivity contribution in [2.45, 2.75) is 63.7 Å². The molecule has 8 nitrogen and oxygen atoms in total. The lowest BCUT2D eigenvalue weighted by Crippen LogP contribution is -2.54. The molecule has 4 rings (SSSR count). The van der Waals surface area contributed by atoms with Crippen LogP contribution in [0.25, 0.3) is 0 Å². The van der Waals surface area contributed by atoms with Crippen molar-refractivity contribution in [3.05, 3.63) is 34.9 Å². The summed E-state index contributed by atoms with van der Waals surface area (Å²) in [5, 5.41) is 9.21. The first kappa shape index (κ1) is 19.7. The minimum atomic E-state index is -0.939. The fourth-order valence-electron chi connectivity index (χ4n) is 4.29. The van der Waals surface area contributed by atoms with Gasteiger partial charge in [0.2, 0.25) is 11.8 Å². The Balaban J connectivity index is 1.51. The number of nitrogens with zero attached hydrogens (tertiary/aromatic N) is 1. The molecule has 0 aromatic heterocycles. The Labute approximate surface area is 169 Å². The number of carbonyl (C=O) groups is 4. The molecule has 3 heterocycles. The van der Waals surface area contributed by atoms with E-state index in [1.165, 1.54) is 0 Å². The minimum absolute atomic E-state index is 0.114. The molecule has 0 bridgehead atoms. The molecule has 2 fully saturated rings. The highest BCUT2D eigenvalue weighted by Crippen LogP contribution is 2.30. The largest absolute Gasteiger partial charge is 0.310 e. The number of piperidine rings is 2. The van der Waals surface area contributed by atoms with Gasteiger partial charge in [-0.25, -0.2) is 0 Å². The van der Waals surface area contributed by atoms with Gasteiger partial charge in [0.25, 0.3) is 11.8 Å². The Bertz CT molecular complexity index is 885. The van der Waals surface area contributed by atoms with E-state index >= 15 is 0 Å². The summed E-state index contributed by atoms with van der Waals surface area (Å²) in [5.41, 5.74) is 1.57. The first-order valence-electron chi connectivity index (χ1n) is 10.1. The smallest absolute Gasteiger partial charge is 0.262 e. The third-order valence-corrected chi connectivity index (χ3v) is 6.08. The molecule has 1 aromatic rings. The summed E-state index contributed by atoms with van der Waals surface area (Å²) < 4.78 is 0. The lowest BCUT2D eigenvalue weighted by Gasteiger charge is -2.36. The molecule has 0 saturated carbocycles. The van der Waals surface area contributed by atoms with Crippen LogP contribution in [0.15, 0.2) is 18.2 Å². The van der Waals surface area contributed by atoms with Gasteiger partial charge >= 0.3 is 0 Å². The van der Waals surface area contributed by atoms with Gasteiger partial charge in [0, 0.05) is 31.1 Å². The number of benzene rings is 1. The molecule has 3 N–H and O–H groups in total. The van der Waals surface area contributed by atoms with E-state index < -0.39 is 23.8 Å². The molecular weight excluding hydrogens is 372 g/mol. The highest BCUT2D eigenvalue weighted by molar-refractivity contribution is 6.24. The van der Waals surface area contributed by atoms with E-state index in [9.17, 15) is 19.2 Å². The third-order valence-electron chi connectivity index (χ3n) is 6.08. The predicted octanol–water partition coefficient (Wildman–Crippen LogP) is 0.708. The molecule has 4 amide bonds. The first-order valence-corrected chi connectivity index (χ1v) is 10.1. The Morgan fingerprint density at radius 1 is 1.14 bits per heavy atom. The maximum absolute atomic E-state index is 13.1. The minimum Gasteiger partial charge on any atom is -0.310 e. The van der Waals surface area contributed by atoms with Crippen LogP contribution in [0.5, 0.6) is 0 Å². The van der Waals surface area contributed by atoms with Gasteiger partial charge in [-0.2, -0.15) is 0 Å². The van der Waals surface area contributed by atoms with Gasteiger partial charge in [-0.3, -0.25) is 29.4 Å². The number of hydrogen-bond acceptors (Lipinski definition) is 6. The van der Waals surface area contributed by atoms with Crippen LogP contribution in [0.4, 0.5) is 0 Å². The maximum atomic E-state index is 13.1. The topological polar surface area (TPSA) is 108 Å². The van der Waals surface area contributed by atoms with Gasteiger partial charge in [-0.05, 0) is 44.7 Å². The Morgan fingerprint density at radius 2 is 1.93 bits per heavy atom. The van der Waals surface area contributed by atoms with Crippen molar-refractivity contribution in [2.24, 2.45) is 0 Å². The molecule has 3 aliphatic heterocycles. The van der Waals surface area contributed by atoms with E-state index in [4.69, 9.17) is 0 Å². The molecule has 0 spiro atoms. The van der Waals surface area contributed by atoms with E-state index in [1.54, 1.807) is 12.1 Å². The second-order valence-corrected chi connectivity index (χ2v) is 8.67. The molecule has 3 aliphatic rings. The fraction of sp³-hybridized carbons (Fsp3) is 0.524. The Hall–Kier alpha value is -2.58. The van der Waals surface area contributed by atoms with Crippen LogP contribution in [0.1, 0.15) is 65.8 Å². The average Bonchev–Trinajstić information content (AvgIpc) is 2.93. The highest BCUT2D eigenvalue weighted by atomic mass is 16.2. The van der Waals surface area contributed by atoms with Crippen molar-refractivity contribution in [3.8, 4) is 0 Å². The van der Waals surface area contributed by atoms with E-state index in [-0.39, 0.29) is 30.3 Å². The third kappa shape index (κ3) is 3.70. The van der Waals surface area contributed by atoms with Crippen molar-refractivity contribution in [1.82, 2.24) is 20.9 Å². The van der Waals surface area contributed by atoms with Gasteiger partial charge in [-0.1, -0.05) is 12.1 Å². The number of amides is 4. The summed E-state index contributed by atoms with van der Waals surface area (Å²) in [6.45, 7) is 5.68. The average molecular weight is 398 g/mol. The van der Waals surface area contributed by atoms with E-state index in [2.05, 4.69) is 29.8 Å². The van der Waals surface area contributed by atoms with Gasteiger partial charge in [0.05, 0.1) is 11.1 Å². The van der Waals surface area contributed by atoms with Gasteiger partial charge < -0.3 is 10.6 Å². The van der Waals surface area contributed by atoms with Crippen LogP contribution >= 0.6 is 0 Å². The number of hydrogen-bond donors (Lipinski definition) is 3. The van der Waals surface area contributed by atoms with E-state index in [0.29, 0.717) is 17.7 Å². The Morgan fingerprint density at radius 3 is 2.62 bits per heavy atom. The molecule has 8 heteroatoms. The van der Waals surface area contributed by atoms with Crippen LogP contribution in [-0.2, 0) is 16.1 Å². The van der Waals surface area contributed by atoms with Gasteiger partial charge in [0.1, 0.15) is 6.04 Å². The summed E-state index contributed by atoms with van der Waals surface area (Å²) in [5.74, 6) is -1.90. The molecule has 29 heavy (non-hydrogen) atoms. The SMILES string of the molecule is CC1(C)CCC(NCc2cccc3c2C(=O)N(C2CCC(=O)NC2=O)C3=O)CN1. The number of fused-ring (bicyclic) bond motifs is 1. The normalized spacial score (nSPS) is 26.5. The lowest BCUT2D eigenvalue weighted by atomic mass is 9.90. The summed E-state index contributed by atoms with van der Waals surface area (Å²) in [6, 6.07) is 4.57. The van der Waals surface area contributed by atoms with Gasteiger partial charge in [0.15, 0.2) is 0 Å². The van der Waals surface area contributed by atoms with Gasteiger partial charge in [-0.15, -0.1) is 0 Å². The first-order chi connectivity index (χ1) is 13.8. The maximum Gasteiger partial charge on any atom is 0.262 e. The number of imide groups is 2. The van der Waals surface area contributed by atoms with Crippen LogP contribution in [-0.4, -0.2) is 52.7 Å². The zero-order valence-electron chi connectivity index (χ0n) is 16.7. The molecular formula is C21H26N4O4. The van der Waals surface area contributed by atoms with Crippen molar-refractivity contribution in [1.29, 1.82) is 0 Å². The van der Waals surface area contributed by atoms with Crippen molar-refractivity contribution >= 4 is 23.6 Å². The van der Waals surface area contributed by atoms with Crippen LogP contribution in [0, 0.1) is 0 Å². The lowest BCUT2D eigenvalue weighted by molar-refractivity contribution is -0.136. The number of nitrogens with one attached hydrogen (secondary N) is 3. The summed E-state index contributed by atoms with van der Waals surface area (Å²) in [4.78, 5) is 50.6. The predicted molar refractivity (Wildman–Crippen MR) is 105 cm³/mol. The fourth-order valence-corrected chi connectivity index (χ4v) is 4.29. The quantitative estimate of drug-likeness (QED) is 0.645. The summed E-state index contributed by atoms with van der Waals surface area (Å²) in [7, 11) is 0. The van der Waals surface area contributed by atoms with Crippen LogP contribution in [0.3, 0.4) is 0 Å². The second kappa shape index (κ2) is 7.35. The number of rotatable bonds is 4. The summed E-state index contributed by atoms with van der Waals surface area (Å²) in [6.07, 6.45) is 2.36. The van der Waals surface area contributed by atoms with Crippen molar-refractivity contribution < 1.29 is 19.2 Å². The van der Waals surface area contributed by atoms with Crippen molar-refractivity contribution in [2.75, 3.05) is 6.54 Å². The molecule has 1 aromatic carbocycles. The number of carbonyl (C=O) groups excluding carboxylic acids is 4. The van der Waals surface area contributed by atoms with Crippen molar-refractivity contribution in [3.63, 3.8) is 0 Å². The monoisotopic (exact) mass is 398 g/mol. The second-order valence-electron chi connectivity index (χ2n) is 8.67. The van der Waals surface area contributed by atoms with E-state index in [0.717, 1.165) is 29.8 Å². The Kier molecular flexibility index (Phi) is 5.00. The molecule has 2 atom stereocenters. The zero-order chi connectivity index (χ0) is 20.8. The molecule has 2 saturated heterocycles. The van der Waals surface area contributed by atoms with E-state index in [1.807, 2.05) is 6.07 Å². The molecule has 154 valence electrons. The molecule has 0 aliphatic carbocycles. The standard InChI is InChI=1S/C21H26N4O4/c1-21(2)9-8-13(11-23-21)22-10-12-4-3-5-14-17(12)20(29)25(19(14)28)15-6-7-16(26)24-18(15)27/h3-5,13,15,22-23H,6-11H2,1-2H3,(H,24,26,27).